The van der Waals surface area contributed by atoms with Gasteiger partial charge in [0.25, 0.3) is 0 Å². The summed E-state index contributed by atoms with van der Waals surface area (Å²) < 4.78 is 1.37. The van der Waals surface area contributed by atoms with E-state index in [4.69, 9.17) is 17.3 Å². The molecule has 0 saturated carbocycles. The van der Waals surface area contributed by atoms with Crippen LogP contribution in [0.15, 0.2) is 24.3 Å². The molecule has 60 valence electrons. The van der Waals surface area contributed by atoms with E-state index < -0.39 is 0 Å². The number of rotatable bonds is 3. The molecule has 0 heterocycles. The Kier molecular flexibility index (Phi) is 3.95. The molecule has 0 atom stereocenters. The average Bonchev–Trinajstić information content (AvgIpc) is 2.04. The van der Waals surface area contributed by atoms with Gasteiger partial charge >= 0.3 is 77.9 Å². The minimum atomic E-state index is 0.527. The fourth-order valence-corrected chi connectivity index (χ4v) is 2.26. The average molecular weight is 235 g/mol. The summed E-state index contributed by atoms with van der Waals surface area (Å²) >= 11 is 6.26. The Balaban J connectivity index is 2.52. The van der Waals surface area contributed by atoms with Crippen LogP contribution in [-0.4, -0.2) is 21.5 Å². The molecule has 1 aromatic rings. The first-order valence-corrected chi connectivity index (χ1v) is 5.86. The SMILES string of the molecule is NCC[Se]c1ccc(Cl)cc1. The van der Waals surface area contributed by atoms with Crippen LogP contribution in [0.3, 0.4) is 0 Å². The quantitative estimate of drug-likeness (QED) is 0.778. The Labute approximate surface area is 78.1 Å². The second kappa shape index (κ2) is 4.78. The summed E-state index contributed by atoms with van der Waals surface area (Å²) in [4.78, 5) is 0. The van der Waals surface area contributed by atoms with E-state index in [1.54, 1.807) is 0 Å². The second-order valence-electron chi connectivity index (χ2n) is 2.09. The summed E-state index contributed by atoms with van der Waals surface area (Å²) in [5.74, 6) is 0. The molecule has 2 N–H and O–H groups in total. The summed E-state index contributed by atoms with van der Waals surface area (Å²) in [6, 6.07) is 7.99. The molecular weight excluding hydrogens is 225 g/mol. The molecule has 0 aliphatic heterocycles. The summed E-state index contributed by atoms with van der Waals surface area (Å²) in [6.07, 6.45) is 0. The van der Waals surface area contributed by atoms with Crippen LogP contribution in [0.1, 0.15) is 0 Å². The van der Waals surface area contributed by atoms with E-state index in [1.807, 2.05) is 12.1 Å². The summed E-state index contributed by atoms with van der Waals surface area (Å²) in [7, 11) is 0. The van der Waals surface area contributed by atoms with Gasteiger partial charge in [-0.1, -0.05) is 0 Å². The Hall–Kier alpha value is -0.0105. The van der Waals surface area contributed by atoms with Crippen molar-refractivity contribution in [2.24, 2.45) is 5.73 Å². The molecule has 1 rings (SSSR count). The third-order valence-electron chi connectivity index (χ3n) is 1.20. The summed E-state index contributed by atoms with van der Waals surface area (Å²) in [5.41, 5.74) is 5.40. The fraction of sp³-hybridized carbons (Fsp3) is 0.250. The topological polar surface area (TPSA) is 26.0 Å². The van der Waals surface area contributed by atoms with Crippen molar-refractivity contribution in [3.8, 4) is 0 Å². The third kappa shape index (κ3) is 3.26. The normalized spacial score (nSPS) is 10.0. The number of hydrogen-bond donors (Lipinski definition) is 1. The summed E-state index contributed by atoms with van der Waals surface area (Å²) in [5, 5.41) is 1.91. The molecule has 1 aromatic carbocycles. The van der Waals surface area contributed by atoms with Crippen LogP contribution in [0.5, 0.6) is 0 Å². The molecule has 0 amide bonds. The van der Waals surface area contributed by atoms with E-state index in [-0.39, 0.29) is 0 Å². The van der Waals surface area contributed by atoms with Crippen LogP contribution in [0, 0.1) is 0 Å². The van der Waals surface area contributed by atoms with E-state index in [0.29, 0.717) is 15.0 Å². The number of hydrogen-bond acceptors (Lipinski definition) is 1. The molecule has 0 fully saturated rings. The molecule has 1 nitrogen and oxygen atoms in total. The van der Waals surface area contributed by atoms with Crippen molar-refractivity contribution in [3.05, 3.63) is 29.3 Å². The van der Waals surface area contributed by atoms with Gasteiger partial charge in [-0.15, -0.1) is 0 Å². The van der Waals surface area contributed by atoms with E-state index in [2.05, 4.69) is 12.1 Å². The van der Waals surface area contributed by atoms with Gasteiger partial charge in [-0.25, -0.2) is 0 Å². The van der Waals surface area contributed by atoms with Gasteiger partial charge in [0.15, 0.2) is 0 Å². The molecule has 3 heteroatoms. The Morgan fingerprint density at radius 3 is 2.45 bits per heavy atom. The number of halogens is 1. The second-order valence-corrected chi connectivity index (χ2v) is 4.98. The maximum atomic E-state index is 5.73. The van der Waals surface area contributed by atoms with Gasteiger partial charge in [-0.2, -0.15) is 0 Å². The molecular formula is C8H10ClNSe. The maximum absolute atomic E-state index is 5.73. The van der Waals surface area contributed by atoms with Gasteiger partial charge in [0.2, 0.25) is 0 Å². The van der Waals surface area contributed by atoms with Gasteiger partial charge in [-0.05, 0) is 0 Å². The molecule has 0 aromatic heterocycles. The van der Waals surface area contributed by atoms with Crippen molar-refractivity contribution in [1.82, 2.24) is 0 Å². The molecule has 0 aliphatic rings. The Morgan fingerprint density at radius 2 is 1.91 bits per heavy atom. The molecule has 0 unspecified atom stereocenters. The zero-order valence-electron chi connectivity index (χ0n) is 6.09. The van der Waals surface area contributed by atoms with Crippen molar-refractivity contribution in [2.75, 3.05) is 6.54 Å². The molecule has 0 aliphatic carbocycles. The van der Waals surface area contributed by atoms with Crippen LogP contribution < -0.4 is 10.2 Å². The fourth-order valence-electron chi connectivity index (χ4n) is 0.708. The zero-order valence-corrected chi connectivity index (χ0v) is 8.56. The predicted molar refractivity (Wildman–Crippen MR) is 50.7 cm³/mol. The first kappa shape index (κ1) is 9.08. The monoisotopic (exact) mass is 235 g/mol. The molecule has 0 saturated heterocycles. The molecule has 0 radical (unpaired) electrons. The first-order valence-electron chi connectivity index (χ1n) is 3.41. The standard InChI is InChI=1S/C8H10ClNSe/c9-7-1-3-8(4-2-7)11-6-5-10/h1-4H,5-6,10H2. The van der Waals surface area contributed by atoms with Crippen molar-refractivity contribution in [3.63, 3.8) is 0 Å². The van der Waals surface area contributed by atoms with Crippen molar-refractivity contribution >= 4 is 31.0 Å². The van der Waals surface area contributed by atoms with E-state index in [9.17, 15) is 0 Å². The van der Waals surface area contributed by atoms with Crippen molar-refractivity contribution in [1.29, 1.82) is 0 Å². The minimum absolute atomic E-state index is 0.527. The van der Waals surface area contributed by atoms with Crippen LogP contribution in [0.2, 0.25) is 10.3 Å². The molecule has 11 heavy (non-hydrogen) atoms. The van der Waals surface area contributed by atoms with Gasteiger partial charge in [-0.3, -0.25) is 0 Å². The number of benzene rings is 1. The van der Waals surface area contributed by atoms with Gasteiger partial charge in [0.1, 0.15) is 0 Å². The molecule has 0 bridgehead atoms. The van der Waals surface area contributed by atoms with E-state index in [1.165, 1.54) is 4.46 Å². The van der Waals surface area contributed by atoms with E-state index >= 15 is 0 Å². The van der Waals surface area contributed by atoms with Crippen LogP contribution >= 0.6 is 11.6 Å². The van der Waals surface area contributed by atoms with Gasteiger partial charge in [0.05, 0.1) is 0 Å². The predicted octanol–water partition coefficient (Wildman–Crippen LogP) is 1.05. The van der Waals surface area contributed by atoms with Gasteiger partial charge in [0, 0.05) is 0 Å². The number of nitrogens with two attached hydrogens (primary N) is 1. The van der Waals surface area contributed by atoms with Crippen LogP contribution in [-0.2, 0) is 0 Å². The van der Waals surface area contributed by atoms with Crippen LogP contribution in [0.25, 0.3) is 0 Å². The molecule has 0 spiro atoms. The van der Waals surface area contributed by atoms with Gasteiger partial charge < -0.3 is 0 Å². The summed E-state index contributed by atoms with van der Waals surface area (Å²) in [6.45, 7) is 0.780. The first-order chi connectivity index (χ1) is 5.33. The van der Waals surface area contributed by atoms with Crippen LogP contribution in [0.4, 0.5) is 0 Å². The third-order valence-corrected chi connectivity index (χ3v) is 3.65. The van der Waals surface area contributed by atoms with E-state index in [0.717, 1.165) is 16.9 Å². The van der Waals surface area contributed by atoms with Crippen molar-refractivity contribution in [2.45, 2.75) is 5.32 Å². The van der Waals surface area contributed by atoms with Crippen molar-refractivity contribution < 1.29 is 0 Å². The zero-order chi connectivity index (χ0) is 8.10. The Bertz CT molecular complexity index is 210. The Morgan fingerprint density at radius 1 is 1.27 bits per heavy atom.